The van der Waals surface area contributed by atoms with Crippen molar-refractivity contribution in [3.8, 4) is 0 Å². The topological polar surface area (TPSA) is 166 Å². The van der Waals surface area contributed by atoms with Gasteiger partial charge in [0.1, 0.15) is 17.5 Å². The van der Waals surface area contributed by atoms with Gasteiger partial charge in [0, 0.05) is 50.0 Å². The Kier molecular flexibility index (Phi) is 8.66. The molecule has 0 amide bonds. The number of fused-ring (bicyclic) bond motifs is 4. The van der Waals surface area contributed by atoms with E-state index in [4.69, 9.17) is 9.47 Å². The van der Waals surface area contributed by atoms with Crippen LogP contribution in [0, 0.1) is 40.4 Å². The molecule has 0 aromatic heterocycles. The number of esters is 1. The molecule has 48 heavy (non-hydrogen) atoms. The van der Waals surface area contributed by atoms with E-state index >= 15 is 0 Å². The van der Waals surface area contributed by atoms with Crippen LogP contribution in [0.4, 0.5) is 0 Å². The van der Waals surface area contributed by atoms with Crippen LogP contribution in [0.1, 0.15) is 97.3 Å². The number of rotatable bonds is 10. The number of aliphatic hydroxyl groups is 5. The molecule has 5 fully saturated rings. The number of nitrogens with one attached hydrogen (secondary N) is 1. The van der Waals surface area contributed by atoms with Crippen LogP contribution in [-0.4, -0.2) is 99.2 Å². The number of carbonyl (C=O) groups excluding carboxylic acids is 2. The molecule has 12 unspecified atom stereocenters. The van der Waals surface area contributed by atoms with E-state index in [1.807, 2.05) is 0 Å². The van der Waals surface area contributed by atoms with Gasteiger partial charge in [0.25, 0.3) is 0 Å². The standard InChI is InChI=1S/C38H57NO9/c1-23(2)7-8-27-32(43)38(46)29(34(22-40)13-9-26(41)20-36(27,34)44)10-14-33-11-4-5-12-35-25(21-39-15-6-16-47-3)17-24(19-37(33,38)45)31(33)28(35)18-30(42)48-35/h17-18,22-24,26-27,29,31-32,39,41,43-46H,4-16,19-21H2,1-3H3. The maximum Gasteiger partial charge on any atom is 0.332 e. The molecule has 1 heterocycles. The fourth-order valence-electron chi connectivity index (χ4n) is 12.8. The highest BCUT2D eigenvalue weighted by molar-refractivity contribution is 5.88. The van der Waals surface area contributed by atoms with Crippen molar-refractivity contribution in [2.75, 3.05) is 26.8 Å². The smallest absolute Gasteiger partial charge is 0.332 e. The van der Waals surface area contributed by atoms with Gasteiger partial charge in [-0.2, -0.15) is 0 Å². The van der Waals surface area contributed by atoms with Crippen LogP contribution >= 0.6 is 0 Å². The molecule has 7 aliphatic rings. The van der Waals surface area contributed by atoms with E-state index in [0.717, 1.165) is 43.2 Å². The van der Waals surface area contributed by atoms with Gasteiger partial charge in [-0.05, 0) is 99.7 Å². The van der Waals surface area contributed by atoms with Gasteiger partial charge in [-0.3, -0.25) is 0 Å². The van der Waals surface area contributed by atoms with Crippen LogP contribution in [0.3, 0.4) is 0 Å². The molecule has 5 saturated carbocycles. The summed E-state index contributed by atoms with van der Waals surface area (Å²) in [6.07, 6.45) is 8.29. The molecule has 6 aliphatic carbocycles. The monoisotopic (exact) mass is 671 g/mol. The molecule has 10 heteroatoms. The van der Waals surface area contributed by atoms with E-state index in [9.17, 15) is 35.1 Å². The SMILES string of the molecule is COCCCNCC1=CC2CC3(O)C4(CCCCC15OC(=O)C=C5C24)CCC1C2(C=O)CCC(O)CC2(O)C(CCC(C)C)C(O)C13O. The highest BCUT2D eigenvalue weighted by atomic mass is 16.6. The molecule has 0 saturated heterocycles. The second-order valence-corrected chi connectivity index (χ2v) is 17.1. The van der Waals surface area contributed by atoms with Crippen molar-refractivity contribution in [3.05, 3.63) is 23.3 Å². The molecule has 1 spiro atoms. The van der Waals surface area contributed by atoms with Crippen molar-refractivity contribution in [1.29, 1.82) is 0 Å². The Bertz CT molecular complexity index is 1370. The van der Waals surface area contributed by atoms with Crippen molar-refractivity contribution in [2.45, 2.75) is 132 Å². The highest BCUT2D eigenvalue weighted by Crippen LogP contribution is 2.77. The zero-order chi connectivity index (χ0) is 34.3. The second-order valence-electron chi connectivity index (χ2n) is 17.1. The third-order valence-electron chi connectivity index (χ3n) is 14.7. The summed E-state index contributed by atoms with van der Waals surface area (Å²) in [5, 5.41) is 66.6. The summed E-state index contributed by atoms with van der Waals surface area (Å²) in [6.45, 7) is 5.99. The molecule has 268 valence electrons. The van der Waals surface area contributed by atoms with Crippen LogP contribution in [0.2, 0.25) is 0 Å². The van der Waals surface area contributed by atoms with Crippen LogP contribution in [0.5, 0.6) is 0 Å². The predicted octanol–water partition coefficient (Wildman–Crippen LogP) is 2.73. The quantitative estimate of drug-likeness (QED) is 0.0881. The Labute approximate surface area is 284 Å². The molecule has 0 aromatic carbocycles. The molecular formula is C38H57NO9. The molecular weight excluding hydrogens is 614 g/mol. The molecule has 7 rings (SSSR count). The average molecular weight is 672 g/mol. The van der Waals surface area contributed by atoms with Gasteiger partial charge >= 0.3 is 5.97 Å². The molecule has 10 nitrogen and oxygen atoms in total. The number of hydrogen-bond acceptors (Lipinski definition) is 10. The fourth-order valence-corrected chi connectivity index (χ4v) is 12.8. The number of aldehydes is 1. The summed E-state index contributed by atoms with van der Waals surface area (Å²) in [6, 6.07) is 0. The third-order valence-corrected chi connectivity index (χ3v) is 14.7. The zero-order valence-electron chi connectivity index (χ0n) is 29.0. The number of aliphatic hydroxyl groups excluding tert-OH is 2. The zero-order valence-corrected chi connectivity index (χ0v) is 29.0. The molecule has 12 atom stereocenters. The van der Waals surface area contributed by atoms with E-state index in [2.05, 4.69) is 25.2 Å². The summed E-state index contributed by atoms with van der Waals surface area (Å²) in [5.74, 6) is -2.47. The fraction of sp³-hybridized carbons (Fsp3) is 0.842. The minimum absolute atomic E-state index is 0.0503. The summed E-state index contributed by atoms with van der Waals surface area (Å²) >= 11 is 0. The van der Waals surface area contributed by atoms with E-state index in [-0.39, 0.29) is 43.0 Å². The van der Waals surface area contributed by atoms with Gasteiger partial charge in [0.2, 0.25) is 0 Å². The lowest BCUT2D eigenvalue weighted by Gasteiger charge is -2.72. The Morgan fingerprint density at radius 1 is 1.08 bits per heavy atom. The van der Waals surface area contributed by atoms with Crippen LogP contribution in [0.25, 0.3) is 0 Å². The first-order valence-corrected chi connectivity index (χ1v) is 18.7. The number of ether oxygens (including phenoxy) is 2. The molecule has 2 bridgehead atoms. The maximum atomic E-state index is 13.6. The van der Waals surface area contributed by atoms with Crippen molar-refractivity contribution in [1.82, 2.24) is 5.32 Å². The van der Waals surface area contributed by atoms with Crippen LogP contribution < -0.4 is 5.32 Å². The molecule has 1 aliphatic heterocycles. The third kappa shape index (κ3) is 4.35. The number of hydrogen-bond donors (Lipinski definition) is 6. The Hall–Kier alpha value is -1.66. The van der Waals surface area contributed by atoms with Gasteiger partial charge in [-0.15, -0.1) is 0 Å². The maximum absolute atomic E-state index is 13.6. The van der Waals surface area contributed by atoms with Gasteiger partial charge in [0.15, 0.2) is 5.60 Å². The number of allylic oxidation sites excluding steroid dienone is 1. The first kappa shape index (κ1) is 34.8. The summed E-state index contributed by atoms with van der Waals surface area (Å²) in [4.78, 5) is 26.7. The predicted molar refractivity (Wildman–Crippen MR) is 176 cm³/mol. The number of carbonyl (C=O) groups is 2. The normalized spacial score (nSPS) is 49.1. The lowest BCUT2D eigenvalue weighted by atomic mass is 9.36. The lowest BCUT2D eigenvalue weighted by molar-refractivity contribution is -0.367. The van der Waals surface area contributed by atoms with Crippen molar-refractivity contribution in [3.63, 3.8) is 0 Å². The second kappa shape index (κ2) is 12.0. The Balaban J connectivity index is 1.37. The average Bonchev–Trinajstić information content (AvgIpc) is 3.49. The molecule has 6 N–H and O–H groups in total. The molecule has 0 aromatic rings. The van der Waals surface area contributed by atoms with Crippen molar-refractivity contribution in [2.24, 2.45) is 40.4 Å². The minimum atomic E-state index is -2.10. The Morgan fingerprint density at radius 3 is 2.58 bits per heavy atom. The first-order valence-electron chi connectivity index (χ1n) is 18.7. The Morgan fingerprint density at radius 2 is 1.85 bits per heavy atom. The highest BCUT2D eigenvalue weighted by Gasteiger charge is 2.84. The van der Waals surface area contributed by atoms with Crippen molar-refractivity contribution >= 4 is 12.3 Å². The summed E-state index contributed by atoms with van der Waals surface area (Å²) in [5.41, 5.74) is -6.99. The van der Waals surface area contributed by atoms with Gasteiger partial charge in [0.05, 0.1) is 23.2 Å². The van der Waals surface area contributed by atoms with Crippen LogP contribution in [0.15, 0.2) is 23.3 Å². The summed E-state index contributed by atoms with van der Waals surface area (Å²) < 4.78 is 11.5. The lowest BCUT2D eigenvalue weighted by Crippen LogP contribution is -2.84. The summed E-state index contributed by atoms with van der Waals surface area (Å²) in [7, 11) is 1.68. The largest absolute Gasteiger partial charge is 0.447 e. The van der Waals surface area contributed by atoms with Gasteiger partial charge < -0.3 is 45.1 Å². The van der Waals surface area contributed by atoms with Gasteiger partial charge in [-0.1, -0.05) is 32.8 Å². The first-order chi connectivity index (χ1) is 22.8. The van der Waals surface area contributed by atoms with E-state index in [1.54, 1.807) is 13.2 Å². The van der Waals surface area contributed by atoms with E-state index in [1.165, 1.54) is 0 Å². The van der Waals surface area contributed by atoms with E-state index < -0.39 is 57.3 Å². The van der Waals surface area contributed by atoms with E-state index in [0.29, 0.717) is 58.1 Å². The van der Waals surface area contributed by atoms with Gasteiger partial charge in [-0.25, -0.2) is 4.79 Å². The number of methoxy groups -OCH3 is 1. The van der Waals surface area contributed by atoms with Crippen LogP contribution in [-0.2, 0) is 19.1 Å². The van der Waals surface area contributed by atoms with Crippen molar-refractivity contribution < 1.29 is 44.6 Å². The molecule has 0 radical (unpaired) electrons. The minimum Gasteiger partial charge on any atom is -0.447 e.